The minimum Gasteiger partial charge on any atom is -0.378 e. The fourth-order valence-corrected chi connectivity index (χ4v) is 6.24. The number of hydrogen-bond acceptors (Lipinski definition) is 3. The van der Waals surface area contributed by atoms with Crippen molar-refractivity contribution in [3.05, 3.63) is 69.7 Å². The summed E-state index contributed by atoms with van der Waals surface area (Å²) in [4.78, 5) is 0.287. The van der Waals surface area contributed by atoms with Crippen LogP contribution in [0.2, 0.25) is 10.0 Å². The molecule has 0 fully saturated rings. The molecule has 1 heterocycles. The summed E-state index contributed by atoms with van der Waals surface area (Å²) >= 11 is 12.6. The molecular formula is C22H24Cl2N2O2S. The lowest BCUT2D eigenvalue weighted by Gasteiger charge is -2.38. The normalized spacial score (nSPS) is 23.4. The summed E-state index contributed by atoms with van der Waals surface area (Å²) in [5.41, 5.74) is 2.40. The van der Waals surface area contributed by atoms with Gasteiger partial charge < -0.3 is 5.32 Å². The van der Waals surface area contributed by atoms with E-state index in [9.17, 15) is 8.42 Å². The number of fused-ring (bicyclic) bond motifs is 3. The Balaban J connectivity index is 1.74. The molecule has 29 heavy (non-hydrogen) atoms. The fraction of sp³-hybridized carbons (Fsp3) is 0.364. The number of hydrogen-bond donors (Lipinski definition) is 2. The van der Waals surface area contributed by atoms with E-state index in [0.29, 0.717) is 10.0 Å². The molecule has 1 aliphatic carbocycles. The molecule has 0 aromatic heterocycles. The highest BCUT2D eigenvalue weighted by molar-refractivity contribution is 7.89. The number of anilines is 1. The van der Waals surface area contributed by atoms with Gasteiger partial charge in [-0.05, 0) is 74.6 Å². The Hall–Kier alpha value is -1.53. The molecule has 0 radical (unpaired) electrons. The van der Waals surface area contributed by atoms with Crippen LogP contribution in [0.1, 0.15) is 50.3 Å². The smallest absolute Gasteiger partial charge is 0.241 e. The van der Waals surface area contributed by atoms with Crippen molar-refractivity contribution in [2.24, 2.45) is 5.92 Å². The molecule has 4 nitrogen and oxygen atoms in total. The summed E-state index contributed by atoms with van der Waals surface area (Å²) in [6, 6.07) is 10.9. The van der Waals surface area contributed by atoms with Crippen LogP contribution >= 0.6 is 23.2 Å². The first kappa shape index (κ1) is 20.7. The molecule has 0 spiro atoms. The first-order valence-electron chi connectivity index (χ1n) is 9.61. The summed E-state index contributed by atoms with van der Waals surface area (Å²) in [5, 5.41) is 4.83. The Bertz CT molecular complexity index is 1090. The van der Waals surface area contributed by atoms with Gasteiger partial charge in [-0.2, -0.15) is 0 Å². The SMILES string of the molecule is CC(C)(C)NS(=O)(=O)c1ccc2c(c1)C1C=CCC1C(c1ccc(Cl)cc1Cl)N2. The molecule has 0 saturated heterocycles. The number of nitrogens with one attached hydrogen (secondary N) is 2. The topological polar surface area (TPSA) is 58.2 Å². The van der Waals surface area contributed by atoms with Crippen molar-refractivity contribution in [2.45, 2.75) is 49.6 Å². The van der Waals surface area contributed by atoms with Crippen molar-refractivity contribution in [3.63, 3.8) is 0 Å². The summed E-state index contributed by atoms with van der Waals surface area (Å²) in [5.74, 6) is 0.391. The Kier molecular flexibility index (Phi) is 5.23. The first-order chi connectivity index (χ1) is 13.5. The maximum Gasteiger partial charge on any atom is 0.241 e. The van der Waals surface area contributed by atoms with Crippen molar-refractivity contribution in [1.82, 2.24) is 4.72 Å². The van der Waals surface area contributed by atoms with Crippen LogP contribution in [0.5, 0.6) is 0 Å². The molecule has 3 unspecified atom stereocenters. The van der Waals surface area contributed by atoms with E-state index >= 15 is 0 Å². The lowest BCUT2D eigenvalue weighted by Crippen LogP contribution is -2.40. The van der Waals surface area contributed by atoms with Crippen LogP contribution in [-0.4, -0.2) is 14.0 Å². The minimum atomic E-state index is -3.59. The van der Waals surface area contributed by atoms with E-state index in [2.05, 4.69) is 22.2 Å². The third kappa shape index (κ3) is 4.06. The molecule has 2 N–H and O–H groups in total. The van der Waals surface area contributed by atoms with Gasteiger partial charge in [0.2, 0.25) is 10.0 Å². The van der Waals surface area contributed by atoms with Gasteiger partial charge in [-0.1, -0.05) is 41.4 Å². The average Bonchev–Trinajstić information content (AvgIpc) is 3.09. The standard InChI is InChI=1S/C22H24Cl2N2O2S/c1-22(2,3)26-29(27,28)14-8-10-20-18(12-14)15-5-4-6-16(15)21(25-20)17-9-7-13(23)11-19(17)24/h4-5,7-12,15-16,21,25-26H,6H2,1-3H3. The molecule has 7 heteroatoms. The van der Waals surface area contributed by atoms with Crippen LogP contribution in [0.15, 0.2) is 53.4 Å². The fourth-order valence-electron chi connectivity index (χ4n) is 4.26. The van der Waals surface area contributed by atoms with Crippen molar-refractivity contribution in [1.29, 1.82) is 0 Å². The molecule has 2 aromatic carbocycles. The molecular weight excluding hydrogens is 427 g/mol. The zero-order valence-corrected chi connectivity index (χ0v) is 18.9. The monoisotopic (exact) mass is 450 g/mol. The van der Waals surface area contributed by atoms with Crippen LogP contribution in [0.25, 0.3) is 0 Å². The minimum absolute atomic E-state index is 0.0300. The maximum absolute atomic E-state index is 12.8. The van der Waals surface area contributed by atoms with Gasteiger partial charge >= 0.3 is 0 Å². The summed E-state index contributed by atoms with van der Waals surface area (Å²) in [6.45, 7) is 5.50. The van der Waals surface area contributed by atoms with Crippen LogP contribution in [0.4, 0.5) is 5.69 Å². The van der Waals surface area contributed by atoms with E-state index < -0.39 is 15.6 Å². The Labute approximate surface area is 182 Å². The predicted molar refractivity (Wildman–Crippen MR) is 119 cm³/mol. The summed E-state index contributed by atoms with van der Waals surface area (Å²) in [6.07, 6.45) is 5.24. The number of benzene rings is 2. The van der Waals surface area contributed by atoms with E-state index in [-0.39, 0.29) is 22.8 Å². The Morgan fingerprint density at radius 1 is 1.07 bits per heavy atom. The zero-order valence-electron chi connectivity index (χ0n) is 16.5. The third-order valence-corrected chi connectivity index (χ3v) is 7.70. The van der Waals surface area contributed by atoms with E-state index in [0.717, 1.165) is 23.2 Å². The van der Waals surface area contributed by atoms with Gasteiger partial charge in [-0.25, -0.2) is 13.1 Å². The second kappa shape index (κ2) is 7.31. The number of allylic oxidation sites excluding steroid dienone is 2. The highest BCUT2D eigenvalue weighted by Gasteiger charge is 2.39. The lowest BCUT2D eigenvalue weighted by molar-refractivity contribution is 0.425. The lowest BCUT2D eigenvalue weighted by atomic mass is 9.77. The second-order valence-electron chi connectivity index (χ2n) is 8.75. The van der Waals surface area contributed by atoms with E-state index in [1.807, 2.05) is 39.0 Å². The molecule has 1 aliphatic heterocycles. The van der Waals surface area contributed by atoms with Gasteiger partial charge in [-0.15, -0.1) is 0 Å². The van der Waals surface area contributed by atoms with E-state index in [1.165, 1.54) is 0 Å². The third-order valence-electron chi connectivity index (χ3n) is 5.38. The largest absolute Gasteiger partial charge is 0.378 e. The van der Waals surface area contributed by atoms with E-state index in [1.54, 1.807) is 18.2 Å². The van der Waals surface area contributed by atoms with E-state index in [4.69, 9.17) is 23.2 Å². The van der Waals surface area contributed by atoms with Crippen molar-refractivity contribution < 1.29 is 8.42 Å². The number of halogens is 2. The first-order valence-corrected chi connectivity index (χ1v) is 11.9. The molecule has 0 saturated carbocycles. The van der Waals surface area contributed by atoms with Crippen molar-refractivity contribution >= 4 is 38.9 Å². The van der Waals surface area contributed by atoms with Gasteiger partial charge in [0.05, 0.1) is 10.9 Å². The van der Waals surface area contributed by atoms with Gasteiger partial charge in [0.15, 0.2) is 0 Å². The van der Waals surface area contributed by atoms with Crippen LogP contribution in [0.3, 0.4) is 0 Å². The van der Waals surface area contributed by atoms with Crippen molar-refractivity contribution in [2.75, 3.05) is 5.32 Å². The van der Waals surface area contributed by atoms with Crippen LogP contribution in [0, 0.1) is 5.92 Å². The number of rotatable bonds is 3. The summed E-state index contributed by atoms with van der Waals surface area (Å²) < 4.78 is 28.3. The average molecular weight is 451 g/mol. The molecule has 0 amide bonds. The molecule has 4 rings (SSSR count). The zero-order chi connectivity index (χ0) is 21.0. The second-order valence-corrected chi connectivity index (χ2v) is 11.3. The summed E-state index contributed by atoms with van der Waals surface area (Å²) in [7, 11) is -3.59. The molecule has 2 aromatic rings. The predicted octanol–water partition coefficient (Wildman–Crippen LogP) is 5.90. The highest BCUT2D eigenvalue weighted by Crippen LogP contribution is 2.51. The quantitative estimate of drug-likeness (QED) is 0.572. The van der Waals surface area contributed by atoms with Gasteiger partial charge in [0, 0.05) is 27.2 Å². The maximum atomic E-state index is 12.8. The highest BCUT2D eigenvalue weighted by atomic mass is 35.5. The van der Waals surface area contributed by atoms with Crippen molar-refractivity contribution in [3.8, 4) is 0 Å². The van der Waals surface area contributed by atoms with Gasteiger partial charge in [0.1, 0.15) is 0 Å². The molecule has 0 bridgehead atoms. The Morgan fingerprint density at radius 3 is 2.52 bits per heavy atom. The molecule has 154 valence electrons. The number of sulfonamides is 1. The van der Waals surface area contributed by atoms with Crippen LogP contribution in [-0.2, 0) is 10.0 Å². The Morgan fingerprint density at radius 2 is 1.83 bits per heavy atom. The molecule has 2 aliphatic rings. The van der Waals surface area contributed by atoms with Gasteiger partial charge in [0.25, 0.3) is 0 Å². The van der Waals surface area contributed by atoms with Gasteiger partial charge in [-0.3, -0.25) is 0 Å². The van der Waals surface area contributed by atoms with Crippen LogP contribution < -0.4 is 10.0 Å². The molecule has 3 atom stereocenters.